The van der Waals surface area contributed by atoms with Crippen molar-refractivity contribution >= 4 is 28.7 Å². The fourth-order valence-electron chi connectivity index (χ4n) is 3.19. The minimum absolute atomic E-state index is 0.264. The van der Waals surface area contributed by atoms with Gasteiger partial charge >= 0.3 is 0 Å². The number of hydrogen-bond acceptors (Lipinski definition) is 8. The summed E-state index contributed by atoms with van der Waals surface area (Å²) in [6.07, 6.45) is 0.504. The fourth-order valence-corrected chi connectivity index (χ4v) is 4.24. The molecule has 9 heteroatoms. The minimum atomic E-state index is -1.07. The molecule has 27 heavy (non-hydrogen) atoms. The van der Waals surface area contributed by atoms with Crippen LogP contribution < -0.4 is 5.73 Å². The molecule has 0 spiro atoms. The number of nitrogens with two attached hydrogens (primary N) is 1. The normalized spacial score (nSPS) is 25.3. The van der Waals surface area contributed by atoms with Crippen LogP contribution >= 0.6 is 11.8 Å². The summed E-state index contributed by atoms with van der Waals surface area (Å²) in [6.45, 7) is 0. The largest absolute Gasteiger partial charge is 0.387 e. The molecule has 1 aliphatic rings. The number of thioether (sulfide) groups is 1. The van der Waals surface area contributed by atoms with E-state index in [2.05, 4.69) is 27.1 Å². The predicted molar refractivity (Wildman–Crippen MR) is 103 cm³/mol. The fraction of sp³-hybridized carbons (Fsp3) is 0.389. The molecule has 0 aliphatic carbocycles. The molecule has 142 valence electrons. The van der Waals surface area contributed by atoms with Gasteiger partial charge in [-0.25, -0.2) is 15.0 Å². The number of aliphatic hydroxyl groups is 2. The summed E-state index contributed by atoms with van der Waals surface area (Å²) in [4.78, 5) is 12.3. The zero-order chi connectivity index (χ0) is 18.8. The van der Waals surface area contributed by atoms with Crippen LogP contribution in [0.3, 0.4) is 0 Å². The van der Waals surface area contributed by atoms with E-state index in [-0.39, 0.29) is 5.82 Å². The van der Waals surface area contributed by atoms with Crippen LogP contribution in [0, 0.1) is 0 Å². The van der Waals surface area contributed by atoms with Crippen LogP contribution in [-0.2, 0) is 11.2 Å². The van der Waals surface area contributed by atoms with Gasteiger partial charge in [0.1, 0.15) is 24.1 Å². The Balaban J connectivity index is 1.39. The Labute approximate surface area is 160 Å². The standard InChI is InChI=1S/C18H21N5O3S/c19-16-13-17(21-9-20-16)23(10-22-13)18-15(25)14(24)12(26-18)8-27-7-6-11-4-2-1-3-5-11/h1-5,9-10,12,14-15,18,24-25H,6-8H2,(H2,19,20,21)/t12-,14-,15-,18-/m1/s1. The molecule has 4 rings (SSSR count). The number of ether oxygens (including phenoxy) is 1. The number of hydrogen-bond donors (Lipinski definition) is 3. The molecule has 1 saturated heterocycles. The molecule has 1 fully saturated rings. The zero-order valence-corrected chi connectivity index (χ0v) is 15.4. The number of benzene rings is 1. The van der Waals surface area contributed by atoms with Crippen LogP contribution in [0.2, 0.25) is 0 Å². The maximum absolute atomic E-state index is 10.5. The highest BCUT2D eigenvalue weighted by atomic mass is 32.2. The summed E-state index contributed by atoms with van der Waals surface area (Å²) in [5.74, 6) is 1.76. The van der Waals surface area contributed by atoms with Crippen molar-refractivity contribution in [3.8, 4) is 0 Å². The monoisotopic (exact) mass is 387 g/mol. The number of nitrogen functional groups attached to an aromatic ring is 1. The van der Waals surface area contributed by atoms with Crippen LogP contribution in [-0.4, -0.2) is 59.5 Å². The maximum atomic E-state index is 10.5. The Morgan fingerprint density at radius 1 is 1.11 bits per heavy atom. The SMILES string of the molecule is Nc1ncnc2c1ncn2[C@@H]1O[C@H](CSCCc2ccccc2)[C@@H](O)[C@H]1O. The van der Waals surface area contributed by atoms with Crippen molar-refractivity contribution in [3.05, 3.63) is 48.5 Å². The Morgan fingerprint density at radius 3 is 2.74 bits per heavy atom. The summed E-state index contributed by atoms with van der Waals surface area (Å²) >= 11 is 1.69. The highest BCUT2D eigenvalue weighted by Crippen LogP contribution is 2.33. The molecule has 0 amide bonds. The van der Waals surface area contributed by atoms with Gasteiger partial charge in [0.05, 0.1) is 12.4 Å². The van der Waals surface area contributed by atoms with Crippen LogP contribution in [0.15, 0.2) is 43.0 Å². The van der Waals surface area contributed by atoms with Crippen LogP contribution in [0.25, 0.3) is 11.2 Å². The minimum Gasteiger partial charge on any atom is -0.387 e. The first-order valence-corrected chi connectivity index (χ1v) is 9.87. The van der Waals surface area contributed by atoms with E-state index < -0.39 is 24.5 Å². The number of nitrogens with zero attached hydrogens (tertiary/aromatic N) is 4. The summed E-state index contributed by atoms with van der Waals surface area (Å²) in [5.41, 5.74) is 8.00. The van der Waals surface area contributed by atoms with Crippen LogP contribution in [0.1, 0.15) is 11.8 Å². The quantitative estimate of drug-likeness (QED) is 0.536. The lowest BCUT2D eigenvalue weighted by Gasteiger charge is -2.16. The van der Waals surface area contributed by atoms with E-state index in [9.17, 15) is 10.2 Å². The number of rotatable bonds is 6. The molecule has 0 bridgehead atoms. The second-order valence-electron chi connectivity index (χ2n) is 6.44. The van der Waals surface area contributed by atoms with Gasteiger partial charge in [-0.1, -0.05) is 30.3 Å². The highest BCUT2D eigenvalue weighted by Gasteiger charge is 2.44. The van der Waals surface area contributed by atoms with Crippen molar-refractivity contribution in [1.29, 1.82) is 0 Å². The summed E-state index contributed by atoms with van der Waals surface area (Å²) in [5, 5.41) is 20.8. The Hall–Kier alpha value is -2.20. The number of anilines is 1. The summed E-state index contributed by atoms with van der Waals surface area (Å²) in [6, 6.07) is 10.2. The average molecular weight is 387 g/mol. The summed E-state index contributed by atoms with van der Waals surface area (Å²) in [7, 11) is 0. The lowest BCUT2D eigenvalue weighted by Crippen LogP contribution is -2.32. The van der Waals surface area contributed by atoms with Crippen molar-refractivity contribution in [3.63, 3.8) is 0 Å². The summed E-state index contributed by atoms with van der Waals surface area (Å²) < 4.78 is 7.52. The van der Waals surface area contributed by atoms with Crippen molar-refractivity contribution in [2.75, 3.05) is 17.2 Å². The smallest absolute Gasteiger partial charge is 0.167 e. The van der Waals surface area contributed by atoms with Gasteiger partial charge in [0.25, 0.3) is 0 Å². The number of fused-ring (bicyclic) bond motifs is 1. The third-order valence-electron chi connectivity index (χ3n) is 4.66. The molecule has 4 N–H and O–H groups in total. The van der Waals surface area contributed by atoms with Crippen molar-refractivity contribution in [2.45, 2.75) is 31.0 Å². The molecule has 0 saturated carbocycles. The van der Waals surface area contributed by atoms with E-state index in [1.54, 1.807) is 16.3 Å². The number of aryl methyl sites for hydroxylation is 1. The second-order valence-corrected chi connectivity index (χ2v) is 7.59. The van der Waals surface area contributed by atoms with E-state index in [1.165, 1.54) is 18.2 Å². The number of aromatic nitrogens is 4. The molecule has 4 atom stereocenters. The Morgan fingerprint density at radius 2 is 1.93 bits per heavy atom. The molecule has 0 unspecified atom stereocenters. The van der Waals surface area contributed by atoms with Crippen LogP contribution in [0.4, 0.5) is 5.82 Å². The Kier molecular flexibility index (Phi) is 5.26. The molecule has 3 aromatic rings. The molecule has 8 nitrogen and oxygen atoms in total. The van der Waals surface area contributed by atoms with Crippen molar-refractivity contribution < 1.29 is 14.9 Å². The molecular formula is C18H21N5O3S. The van der Waals surface area contributed by atoms with E-state index in [1.807, 2.05) is 18.2 Å². The molecule has 1 aliphatic heterocycles. The van der Waals surface area contributed by atoms with Gasteiger partial charge in [-0.3, -0.25) is 4.57 Å². The number of imidazole rings is 1. The lowest BCUT2D eigenvalue weighted by molar-refractivity contribution is -0.0289. The zero-order valence-electron chi connectivity index (χ0n) is 14.5. The van der Waals surface area contributed by atoms with Gasteiger partial charge in [0, 0.05) is 5.75 Å². The second kappa shape index (κ2) is 7.81. The third kappa shape index (κ3) is 3.63. The van der Waals surface area contributed by atoms with Crippen molar-refractivity contribution in [2.24, 2.45) is 0 Å². The molecular weight excluding hydrogens is 366 g/mol. The van der Waals surface area contributed by atoms with Gasteiger partial charge in [-0.15, -0.1) is 0 Å². The van der Waals surface area contributed by atoms with Gasteiger partial charge in [0.15, 0.2) is 17.7 Å². The maximum Gasteiger partial charge on any atom is 0.167 e. The Bertz CT molecular complexity index is 906. The van der Waals surface area contributed by atoms with Crippen molar-refractivity contribution in [1.82, 2.24) is 19.5 Å². The van der Waals surface area contributed by atoms with E-state index >= 15 is 0 Å². The lowest BCUT2D eigenvalue weighted by atomic mass is 10.1. The topological polar surface area (TPSA) is 119 Å². The molecule has 1 aromatic carbocycles. The number of aliphatic hydroxyl groups excluding tert-OH is 2. The van der Waals surface area contributed by atoms with E-state index in [0.29, 0.717) is 16.9 Å². The first-order chi connectivity index (χ1) is 13.1. The third-order valence-corrected chi connectivity index (χ3v) is 5.72. The first-order valence-electron chi connectivity index (χ1n) is 8.71. The van der Waals surface area contributed by atoms with E-state index in [0.717, 1.165) is 12.2 Å². The van der Waals surface area contributed by atoms with Gasteiger partial charge < -0.3 is 20.7 Å². The molecule has 3 heterocycles. The average Bonchev–Trinajstić information content (AvgIpc) is 3.23. The van der Waals surface area contributed by atoms with Gasteiger partial charge in [0.2, 0.25) is 0 Å². The molecule has 0 radical (unpaired) electrons. The highest BCUT2D eigenvalue weighted by molar-refractivity contribution is 7.99. The van der Waals surface area contributed by atoms with E-state index in [4.69, 9.17) is 10.5 Å². The van der Waals surface area contributed by atoms with Crippen LogP contribution in [0.5, 0.6) is 0 Å². The van der Waals surface area contributed by atoms with Gasteiger partial charge in [-0.2, -0.15) is 11.8 Å². The molecule has 2 aromatic heterocycles. The predicted octanol–water partition coefficient (Wildman–Crippen LogP) is 1.00. The van der Waals surface area contributed by atoms with Gasteiger partial charge in [-0.05, 0) is 17.7 Å². The first kappa shape index (κ1) is 18.2.